The first-order valence-electron chi connectivity index (χ1n) is 5.01. The van der Waals surface area contributed by atoms with Crippen molar-refractivity contribution < 1.29 is 4.79 Å². The number of nitrogens with zero attached hydrogens (tertiary/aromatic N) is 2. The Morgan fingerprint density at radius 2 is 2.00 bits per heavy atom. The fourth-order valence-electron chi connectivity index (χ4n) is 1.03. The van der Waals surface area contributed by atoms with E-state index in [2.05, 4.69) is 32.9 Å². The van der Waals surface area contributed by atoms with Crippen LogP contribution in [0.4, 0.5) is 5.69 Å². The van der Waals surface area contributed by atoms with Crippen molar-refractivity contribution in [3.8, 4) is 0 Å². The van der Waals surface area contributed by atoms with E-state index >= 15 is 0 Å². The van der Waals surface area contributed by atoms with Crippen molar-refractivity contribution in [2.75, 3.05) is 26.0 Å². The molecular formula is C11H15IN4O. The van der Waals surface area contributed by atoms with Gasteiger partial charge in [0.1, 0.15) is 6.54 Å². The van der Waals surface area contributed by atoms with Crippen molar-refractivity contribution in [2.24, 2.45) is 10.7 Å². The number of hydrogen-bond donors (Lipinski definition) is 2. The number of anilines is 1. The van der Waals surface area contributed by atoms with Crippen LogP contribution in [-0.2, 0) is 4.79 Å². The van der Waals surface area contributed by atoms with Gasteiger partial charge in [0.25, 0.3) is 0 Å². The van der Waals surface area contributed by atoms with E-state index in [4.69, 9.17) is 5.73 Å². The largest absolute Gasteiger partial charge is 0.370 e. The fraction of sp³-hybridized carbons (Fsp3) is 0.273. The first-order valence-corrected chi connectivity index (χ1v) is 6.09. The molecular weight excluding hydrogens is 331 g/mol. The molecule has 0 saturated heterocycles. The molecule has 0 aliphatic heterocycles. The van der Waals surface area contributed by atoms with Gasteiger partial charge in [-0.15, -0.1) is 0 Å². The quantitative estimate of drug-likeness (QED) is 0.489. The molecule has 3 N–H and O–H groups in total. The number of nitrogens with one attached hydrogen (secondary N) is 1. The molecule has 0 fully saturated rings. The van der Waals surface area contributed by atoms with Crippen LogP contribution >= 0.6 is 22.6 Å². The van der Waals surface area contributed by atoms with Crippen molar-refractivity contribution in [2.45, 2.75) is 0 Å². The minimum atomic E-state index is -0.184. The zero-order valence-corrected chi connectivity index (χ0v) is 11.9. The number of carbonyl (C=O) groups excluding carboxylic acids is 1. The maximum Gasteiger partial charge on any atom is 0.246 e. The molecule has 1 aromatic rings. The minimum absolute atomic E-state index is 0.0238. The maximum absolute atomic E-state index is 11.5. The van der Waals surface area contributed by atoms with Gasteiger partial charge in [0.05, 0.1) is 0 Å². The van der Waals surface area contributed by atoms with Crippen LogP contribution in [0, 0.1) is 3.57 Å². The van der Waals surface area contributed by atoms with E-state index in [1.165, 1.54) is 0 Å². The first-order chi connectivity index (χ1) is 7.99. The molecule has 1 rings (SSSR count). The summed E-state index contributed by atoms with van der Waals surface area (Å²) in [5, 5.41) is 2.74. The summed E-state index contributed by atoms with van der Waals surface area (Å²) in [4.78, 5) is 17.1. The third kappa shape index (κ3) is 5.03. The smallest absolute Gasteiger partial charge is 0.246 e. The van der Waals surface area contributed by atoms with Gasteiger partial charge >= 0.3 is 0 Å². The lowest BCUT2D eigenvalue weighted by Gasteiger charge is -2.10. The molecule has 0 bridgehead atoms. The zero-order valence-electron chi connectivity index (χ0n) is 9.77. The third-order valence-corrected chi connectivity index (χ3v) is 2.69. The van der Waals surface area contributed by atoms with Crippen LogP contribution in [0.3, 0.4) is 0 Å². The van der Waals surface area contributed by atoms with Crippen molar-refractivity contribution >= 4 is 40.1 Å². The van der Waals surface area contributed by atoms with Gasteiger partial charge in [-0.3, -0.25) is 4.79 Å². The Bertz CT molecular complexity index is 414. The second-order valence-corrected chi connectivity index (χ2v) is 4.87. The number of hydrogen-bond acceptors (Lipinski definition) is 2. The van der Waals surface area contributed by atoms with Gasteiger partial charge in [0.15, 0.2) is 5.96 Å². The Hall–Kier alpha value is -1.31. The Balaban J connectivity index is 2.50. The Morgan fingerprint density at radius 1 is 1.41 bits per heavy atom. The lowest BCUT2D eigenvalue weighted by molar-refractivity contribution is -0.114. The number of halogens is 1. The van der Waals surface area contributed by atoms with E-state index < -0.39 is 0 Å². The normalized spacial score (nSPS) is 11.1. The molecule has 17 heavy (non-hydrogen) atoms. The second kappa shape index (κ2) is 6.43. The number of rotatable bonds is 3. The average molecular weight is 346 g/mol. The van der Waals surface area contributed by atoms with Gasteiger partial charge in [0.2, 0.25) is 5.91 Å². The van der Waals surface area contributed by atoms with Crippen molar-refractivity contribution in [1.82, 2.24) is 4.90 Å². The molecule has 0 spiro atoms. The summed E-state index contributed by atoms with van der Waals surface area (Å²) in [6.07, 6.45) is 0. The van der Waals surface area contributed by atoms with E-state index in [0.717, 1.165) is 9.26 Å². The Labute approximate surface area is 114 Å². The molecule has 5 nitrogen and oxygen atoms in total. The lowest BCUT2D eigenvalue weighted by Crippen LogP contribution is -2.31. The van der Waals surface area contributed by atoms with Gasteiger partial charge < -0.3 is 16.0 Å². The van der Waals surface area contributed by atoms with Gasteiger partial charge in [-0.1, -0.05) is 0 Å². The molecule has 0 atom stereocenters. The molecule has 6 heteroatoms. The van der Waals surface area contributed by atoms with Crippen LogP contribution in [0.2, 0.25) is 0 Å². The summed E-state index contributed by atoms with van der Waals surface area (Å²) in [6, 6.07) is 7.54. The summed E-state index contributed by atoms with van der Waals surface area (Å²) in [6.45, 7) is 0.0238. The Kier molecular flexibility index (Phi) is 5.20. The van der Waals surface area contributed by atoms with Crippen molar-refractivity contribution in [1.29, 1.82) is 0 Å². The predicted octanol–water partition coefficient (Wildman–Crippen LogP) is 1.11. The standard InChI is InChI=1S/C11H15IN4O/c1-16(2)11(13)14-7-10(17)15-9-5-3-8(12)4-6-9/h3-6H,7H2,1-2H3,(H2,13,14)(H,15,17). The molecule has 0 radical (unpaired) electrons. The van der Waals surface area contributed by atoms with Crippen LogP contribution in [0.15, 0.2) is 29.3 Å². The summed E-state index contributed by atoms with van der Waals surface area (Å²) < 4.78 is 1.12. The monoisotopic (exact) mass is 346 g/mol. The summed E-state index contributed by atoms with van der Waals surface area (Å²) in [7, 11) is 3.55. The van der Waals surface area contributed by atoms with Crippen LogP contribution in [-0.4, -0.2) is 37.4 Å². The number of nitrogens with two attached hydrogens (primary N) is 1. The molecule has 1 amide bonds. The van der Waals surface area contributed by atoms with E-state index in [9.17, 15) is 4.79 Å². The SMILES string of the molecule is CN(C)C(N)=NCC(=O)Nc1ccc(I)cc1. The van der Waals surface area contributed by atoms with Crippen LogP contribution in [0.5, 0.6) is 0 Å². The molecule has 1 aromatic carbocycles. The second-order valence-electron chi connectivity index (χ2n) is 3.62. The van der Waals surface area contributed by atoms with E-state index in [1.807, 2.05) is 24.3 Å². The van der Waals surface area contributed by atoms with E-state index in [0.29, 0.717) is 5.96 Å². The molecule has 0 aromatic heterocycles. The predicted molar refractivity (Wildman–Crippen MR) is 78.0 cm³/mol. The fourth-order valence-corrected chi connectivity index (χ4v) is 1.39. The van der Waals surface area contributed by atoms with Crippen LogP contribution in [0.1, 0.15) is 0 Å². The summed E-state index contributed by atoms with van der Waals surface area (Å²) in [5.74, 6) is 0.152. The molecule has 0 saturated carbocycles. The van der Waals surface area contributed by atoms with Crippen LogP contribution < -0.4 is 11.1 Å². The number of benzene rings is 1. The Morgan fingerprint density at radius 3 is 2.53 bits per heavy atom. The highest BCUT2D eigenvalue weighted by Crippen LogP contribution is 2.10. The topological polar surface area (TPSA) is 70.7 Å². The van der Waals surface area contributed by atoms with Gasteiger partial charge in [0, 0.05) is 23.4 Å². The highest BCUT2D eigenvalue weighted by Gasteiger charge is 2.02. The summed E-state index contributed by atoms with van der Waals surface area (Å²) in [5.41, 5.74) is 6.33. The lowest BCUT2D eigenvalue weighted by atomic mass is 10.3. The molecule has 0 aliphatic rings. The highest BCUT2D eigenvalue weighted by atomic mass is 127. The van der Waals surface area contributed by atoms with E-state index in [1.54, 1.807) is 19.0 Å². The third-order valence-electron chi connectivity index (χ3n) is 1.97. The molecule has 92 valence electrons. The number of guanidine groups is 1. The van der Waals surface area contributed by atoms with Crippen LogP contribution in [0.25, 0.3) is 0 Å². The zero-order chi connectivity index (χ0) is 12.8. The molecule has 0 aliphatic carbocycles. The number of carbonyl (C=O) groups is 1. The summed E-state index contributed by atoms with van der Waals surface area (Å²) >= 11 is 2.21. The minimum Gasteiger partial charge on any atom is -0.370 e. The first kappa shape index (κ1) is 13.8. The number of aliphatic imine (C=N–C) groups is 1. The average Bonchev–Trinajstić information content (AvgIpc) is 2.29. The van der Waals surface area contributed by atoms with Crippen molar-refractivity contribution in [3.63, 3.8) is 0 Å². The van der Waals surface area contributed by atoms with E-state index in [-0.39, 0.29) is 12.5 Å². The number of amides is 1. The van der Waals surface area contributed by atoms with Gasteiger partial charge in [-0.2, -0.15) is 0 Å². The molecule has 0 unspecified atom stereocenters. The van der Waals surface area contributed by atoms with Gasteiger partial charge in [-0.05, 0) is 46.9 Å². The highest BCUT2D eigenvalue weighted by molar-refractivity contribution is 14.1. The molecule has 0 heterocycles. The van der Waals surface area contributed by atoms with Crippen molar-refractivity contribution in [3.05, 3.63) is 27.8 Å². The van der Waals surface area contributed by atoms with Gasteiger partial charge in [-0.25, -0.2) is 4.99 Å². The maximum atomic E-state index is 11.5.